The van der Waals surface area contributed by atoms with Crippen molar-refractivity contribution in [3.8, 4) is 0 Å². The lowest BCUT2D eigenvalue weighted by Crippen LogP contribution is -2.83. The van der Waals surface area contributed by atoms with E-state index in [-0.39, 0.29) is 0 Å². The quantitative estimate of drug-likeness (QED) is 0.543. The van der Waals surface area contributed by atoms with Gasteiger partial charge in [-0.3, -0.25) is 20.6 Å². The van der Waals surface area contributed by atoms with Gasteiger partial charge in [0.25, 0.3) is 11.7 Å². The summed E-state index contributed by atoms with van der Waals surface area (Å²) in [6.45, 7) is 13.1. The van der Waals surface area contributed by atoms with Crippen LogP contribution in [0.25, 0.3) is 0 Å². The van der Waals surface area contributed by atoms with Crippen molar-refractivity contribution < 1.29 is 9.98 Å². The fraction of sp³-hybridized carbons (Fsp3) is 0.556. The van der Waals surface area contributed by atoms with Crippen LogP contribution in [0, 0.1) is 10.8 Å². The van der Waals surface area contributed by atoms with Crippen molar-refractivity contribution in [2.45, 2.75) is 27.7 Å². The summed E-state index contributed by atoms with van der Waals surface area (Å²) in [6, 6.07) is 8.72. The summed E-state index contributed by atoms with van der Waals surface area (Å²) in [5.41, 5.74) is 3.05. The molecule has 0 radical (unpaired) electrons. The van der Waals surface area contributed by atoms with E-state index in [4.69, 9.17) is 0 Å². The Balaban J connectivity index is 1.74. The van der Waals surface area contributed by atoms with Gasteiger partial charge in [0.15, 0.2) is 0 Å². The zero-order valence-corrected chi connectivity index (χ0v) is 14.1. The normalized spacial score (nSPS) is 22.9. The van der Waals surface area contributed by atoms with Crippen LogP contribution >= 0.6 is 0 Å². The van der Waals surface area contributed by atoms with Crippen molar-refractivity contribution in [3.05, 3.63) is 35.4 Å². The van der Waals surface area contributed by atoms with E-state index < -0.39 is 0 Å². The molecule has 0 aliphatic carbocycles. The fourth-order valence-electron chi connectivity index (χ4n) is 2.77. The Morgan fingerprint density at radius 2 is 1.09 bits per heavy atom. The zero-order valence-electron chi connectivity index (χ0n) is 14.1. The molecule has 4 nitrogen and oxygen atoms in total. The van der Waals surface area contributed by atoms with Crippen LogP contribution in [0.1, 0.15) is 38.8 Å². The predicted octanol–water partition coefficient (Wildman–Crippen LogP) is -1.40. The van der Waals surface area contributed by atoms with Gasteiger partial charge in [0.2, 0.25) is 0 Å². The summed E-state index contributed by atoms with van der Waals surface area (Å²) in [4.78, 5) is 7.01. The van der Waals surface area contributed by atoms with Crippen molar-refractivity contribution in [3.63, 3.8) is 0 Å². The molecule has 2 aliphatic rings. The highest BCUT2D eigenvalue weighted by atomic mass is 15.0. The van der Waals surface area contributed by atoms with Gasteiger partial charge in [0.05, 0.1) is 37.3 Å². The highest BCUT2D eigenvalue weighted by Gasteiger charge is 2.29. The fourth-order valence-corrected chi connectivity index (χ4v) is 2.77. The summed E-state index contributed by atoms with van der Waals surface area (Å²) in [5, 5.41) is 7.01. The molecular weight excluding hydrogens is 272 g/mol. The molecule has 0 aromatic heterocycles. The molecule has 2 heterocycles. The summed E-state index contributed by atoms with van der Waals surface area (Å²) < 4.78 is 0. The van der Waals surface area contributed by atoms with Crippen LogP contribution < -0.4 is 20.6 Å². The molecule has 1 aromatic rings. The number of benzene rings is 1. The van der Waals surface area contributed by atoms with Crippen LogP contribution in [0.15, 0.2) is 24.3 Å². The van der Waals surface area contributed by atoms with Crippen molar-refractivity contribution in [2.75, 3.05) is 26.2 Å². The van der Waals surface area contributed by atoms with Gasteiger partial charge in [0, 0.05) is 10.8 Å². The molecule has 4 heteroatoms. The van der Waals surface area contributed by atoms with E-state index in [2.05, 4.69) is 72.6 Å². The van der Waals surface area contributed by atoms with E-state index in [9.17, 15) is 0 Å². The first-order chi connectivity index (χ1) is 10.3. The molecule has 0 saturated heterocycles. The van der Waals surface area contributed by atoms with Gasteiger partial charge in [-0.2, -0.15) is 0 Å². The third kappa shape index (κ3) is 3.32. The van der Waals surface area contributed by atoms with Crippen LogP contribution in [0.5, 0.6) is 0 Å². The Kier molecular flexibility index (Phi) is 3.71. The molecule has 0 spiro atoms. The third-order valence-electron chi connectivity index (χ3n) is 4.44. The van der Waals surface area contributed by atoms with Crippen molar-refractivity contribution in [1.82, 2.24) is 10.6 Å². The van der Waals surface area contributed by atoms with E-state index >= 15 is 0 Å². The van der Waals surface area contributed by atoms with E-state index in [0.717, 1.165) is 37.9 Å². The van der Waals surface area contributed by atoms with Crippen molar-refractivity contribution in [2.24, 2.45) is 10.8 Å². The van der Waals surface area contributed by atoms with Gasteiger partial charge in [-0.15, -0.1) is 0 Å². The van der Waals surface area contributed by atoms with Crippen LogP contribution in [0.4, 0.5) is 0 Å². The number of rotatable bonds is 2. The molecule has 2 aliphatic heterocycles. The van der Waals surface area contributed by atoms with Crippen LogP contribution in [-0.4, -0.2) is 37.9 Å². The first kappa shape index (κ1) is 15.1. The van der Waals surface area contributed by atoms with Crippen LogP contribution in [0.2, 0.25) is 0 Å². The molecule has 0 fully saturated rings. The zero-order chi connectivity index (χ0) is 15.8. The Bertz CT molecular complexity index is 553. The second-order valence-electron chi connectivity index (χ2n) is 8.07. The minimum Gasteiger partial charge on any atom is -0.274 e. The predicted molar refractivity (Wildman–Crippen MR) is 89.9 cm³/mol. The standard InChI is InChI=1S/C18H26N4/c1-17(2)9-19-15(20-10-17)13-5-7-14(8-6-13)16-21-11-18(3,4)12-22-16/h5-8H,9-12H2,1-4H3,(H,19,20)(H,21,22)/p+2. The summed E-state index contributed by atoms with van der Waals surface area (Å²) in [5.74, 6) is 2.28. The summed E-state index contributed by atoms with van der Waals surface area (Å²) in [7, 11) is 0. The lowest BCUT2D eigenvalue weighted by Gasteiger charge is -2.24. The lowest BCUT2D eigenvalue weighted by atomic mass is 9.91. The van der Waals surface area contributed by atoms with Gasteiger partial charge in [-0.05, 0) is 24.3 Å². The molecule has 22 heavy (non-hydrogen) atoms. The number of nitrogens with one attached hydrogen (secondary N) is 4. The highest BCUT2D eigenvalue weighted by molar-refractivity contribution is 5.98. The van der Waals surface area contributed by atoms with Gasteiger partial charge in [-0.25, -0.2) is 0 Å². The third-order valence-corrected chi connectivity index (χ3v) is 4.44. The number of amidine groups is 2. The van der Waals surface area contributed by atoms with E-state index in [1.807, 2.05) is 0 Å². The van der Waals surface area contributed by atoms with Gasteiger partial charge in [-0.1, -0.05) is 27.7 Å². The average molecular weight is 300 g/mol. The maximum atomic E-state index is 3.50. The Morgan fingerprint density at radius 1 is 0.727 bits per heavy atom. The largest absolute Gasteiger partial charge is 0.274 e. The maximum absolute atomic E-state index is 3.50. The van der Waals surface area contributed by atoms with Crippen LogP contribution in [-0.2, 0) is 0 Å². The molecule has 0 atom stereocenters. The Labute approximate surface area is 133 Å². The minimum atomic E-state index is 0.308. The van der Waals surface area contributed by atoms with E-state index in [0.29, 0.717) is 10.8 Å². The number of hydrogen-bond donors (Lipinski definition) is 4. The molecular formula is C18H28N4+2. The highest BCUT2D eigenvalue weighted by Crippen LogP contribution is 2.13. The molecule has 0 bridgehead atoms. The van der Waals surface area contributed by atoms with Gasteiger partial charge < -0.3 is 0 Å². The SMILES string of the molecule is CC1(C)CNC(c2ccc(C3=[NH+]CC(C)(C)CN3)cc2)=[NH+]C1. The minimum absolute atomic E-state index is 0.308. The van der Waals surface area contributed by atoms with Gasteiger partial charge >= 0.3 is 0 Å². The maximum Gasteiger partial charge on any atom is 0.274 e. The second kappa shape index (κ2) is 5.41. The topological polar surface area (TPSA) is 52.0 Å². The Hall–Kier alpha value is -1.84. The molecule has 0 unspecified atom stereocenters. The van der Waals surface area contributed by atoms with Crippen molar-refractivity contribution in [1.29, 1.82) is 0 Å². The molecule has 3 rings (SSSR count). The average Bonchev–Trinajstić information content (AvgIpc) is 2.48. The van der Waals surface area contributed by atoms with Crippen molar-refractivity contribution >= 4 is 11.7 Å². The molecule has 1 aromatic carbocycles. The monoisotopic (exact) mass is 300 g/mol. The lowest BCUT2D eigenvalue weighted by molar-refractivity contribution is -0.482. The summed E-state index contributed by atoms with van der Waals surface area (Å²) in [6.07, 6.45) is 0. The van der Waals surface area contributed by atoms with Gasteiger partial charge in [0.1, 0.15) is 0 Å². The first-order valence-electron chi connectivity index (χ1n) is 8.15. The van der Waals surface area contributed by atoms with E-state index in [1.54, 1.807) is 0 Å². The molecule has 0 saturated carbocycles. The number of hydrogen-bond acceptors (Lipinski definition) is 2. The molecule has 118 valence electrons. The van der Waals surface area contributed by atoms with E-state index in [1.165, 1.54) is 11.1 Å². The van der Waals surface area contributed by atoms with Crippen LogP contribution in [0.3, 0.4) is 0 Å². The first-order valence-corrected chi connectivity index (χ1v) is 8.15. The molecule has 4 N–H and O–H groups in total. The summed E-state index contributed by atoms with van der Waals surface area (Å²) >= 11 is 0. The smallest absolute Gasteiger partial charge is 0.274 e. The molecule has 0 amide bonds. The Morgan fingerprint density at radius 3 is 1.36 bits per heavy atom. The second-order valence-corrected chi connectivity index (χ2v) is 8.07.